The number of amides is 1. The number of benzene rings is 1. The van der Waals surface area contributed by atoms with Crippen LogP contribution in [0.5, 0.6) is 0 Å². The molecule has 3 rings (SSSR count). The van der Waals surface area contributed by atoms with Crippen LogP contribution >= 0.6 is 11.6 Å². The van der Waals surface area contributed by atoms with Crippen LogP contribution in [-0.4, -0.2) is 22.6 Å². The molecule has 1 saturated heterocycles. The van der Waals surface area contributed by atoms with Crippen molar-refractivity contribution in [1.29, 1.82) is 0 Å². The second kappa shape index (κ2) is 4.55. The first kappa shape index (κ1) is 12.0. The normalized spacial score (nSPS) is 19.1. The molecule has 1 amide bonds. The van der Waals surface area contributed by atoms with Gasteiger partial charge in [-0.3, -0.25) is 4.79 Å². The standard InChI is InChI=1S/C12H11ClN4O2/c13-8-1-3-9(4-2-8)17-6-7(5-10(17)18)11-15-16-12(14)19-11/h1-4,7H,5-6H2,(H2,14,16)/t7-/m0/s1. The number of nitrogens with zero attached hydrogens (tertiary/aromatic N) is 3. The van der Waals surface area contributed by atoms with Crippen molar-refractivity contribution in [3.05, 3.63) is 35.2 Å². The molecule has 7 heteroatoms. The predicted octanol–water partition coefficient (Wildman–Crippen LogP) is 1.83. The molecular formula is C12H11ClN4O2. The van der Waals surface area contributed by atoms with Crippen LogP contribution in [0.1, 0.15) is 18.2 Å². The summed E-state index contributed by atoms with van der Waals surface area (Å²) in [5, 5.41) is 8.08. The molecule has 1 fully saturated rings. The maximum absolute atomic E-state index is 12.0. The molecule has 0 saturated carbocycles. The minimum absolute atomic E-state index is 0.0177. The molecule has 1 atom stereocenters. The van der Waals surface area contributed by atoms with Crippen molar-refractivity contribution in [2.75, 3.05) is 17.2 Å². The molecule has 2 N–H and O–H groups in total. The van der Waals surface area contributed by atoms with Crippen molar-refractivity contribution < 1.29 is 9.21 Å². The third kappa shape index (κ3) is 2.26. The Morgan fingerprint density at radius 2 is 2.05 bits per heavy atom. The lowest BCUT2D eigenvalue weighted by atomic mass is 10.1. The number of aromatic nitrogens is 2. The molecule has 0 spiro atoms. The summed E-state index contributed by atoms with van der Waals surface area (Å²) in [7, 11) is 0. The zero-order valence-electron chi connectivity index (χ0n) is 9.91. The summed E-state index contributed by atoms with van der Waals surface area (Å²) in [4.78, 5) is 13.7. The molecule has 2 heterocycles. The Morgan fingerprint density at radius 1 is 1.32 bits per heavy atom. The molecular weight excluding hydrogens is 268 g/mol. The van der Waals surface area contributed by atoms with Gasteiger partial charge in [0.2, 0.25) is 11.8 Å². The highest BCUT2D eigenvalue weighted by molar-refractivity contribution is 6.30. The van der Waals surface area contributed by atoms with E-state index in [1.807, 2.05) is 12.1 Å². The van der Waals surface area contributed by atoms with Gasteiger partial charge in [-0.05, 0) is 24.3 Å². The summed E-state index contributed by atoms with van der Waals surface area (Å²) in [6.07, 6.45) is 0.338. The van der Waals surface area contributed by atoms with E-state index in [4.69, 9.17) is 21.8 Å². The van der Waals surface area contributed by atoms with E-state index in [9.17, 15) is 4.79 Å². The molecule has 98 valence electrons. The number of anilines is 2. The highest BCUT2D eigenvalue weighted by atomic mass is 35.5. The fourth-order valence-corrected chi connectivity index (χ4v) is 2.28. The number of hydrogen-bond donors (Lipinski definition) is 1. The third-order valence-corrected chi connectivity index (χ3v) is 3.32. The van der Waals surface area contributed by atoms with Gasteiger partial charge < -0.3 is 15.1 Å². The van der Waals surface area contributed by atoms with E-state index in [1.54, 1.807) is 17.0 Å². The lowest BCUT2D eigenvalue weighted by Gasteiger charge is -2.15. The topological polar surface area (TPSA) is 85.2 Å². The number of halogens is 1. The first-order valence-corrected chi connectivity index (χ1v) is 6.16. The van der Waals surface area contributed by atoms with Crippen LogP contribution in [0.15, 0.2) is 28.7 Å². The zero-order chi connectivity index (χ0) is 13.4. The second-order valence-electron chi connectivity index (χ2n) is 4.36. The van der Waals surface area contributed by atoms with Crippen LogP contribution in [0, 0.1) is 0 Å². The second-order valence-corrected chi connectivity index (χ2v) is 4.80. The average molecular weight is 279 g/mol. The maximum Gasteiger partial charge on any atom is 0.312 e. The number of nitrogens with two attached hydrogens (primary N) is 1. The SMILES string of the molecule is Nc1nnc([C@H]2CC(=O)N(c3ccc(Cl)cc3)C2)o1. The fraction of sp³-hybridized carbons (Fsp3) is 0.250. The Bertz CT molecular complexity index is 610. The van der Waals surface area contributed by atoms with Gasteiger partial charge in [0.15, 0.2) is 0 Å². The van der Waals surface area contributed by atoms with Gasteiger partial charge in [0.1, 0.15) is 0 Å². The summed E-state index contributed by atoms with van der Waals surface area (Å²) in [5.41, 5.74) is 6.20. The van der Waals surface area contributed by atoms with Crippen molar-refractivity contribution >= 4 is 29.2 Å². The monoisotopic (exact) mass is 278 g/mol. The minimum atomic E-state index is -0.118. The summed E-state index contributed by atoms with van der Waals surface area (Å²) >= 11 is 5.83. The van der Waals surface area contributed by atoms with Crippen LogP contribution in [0.2, 0.25) is 5.02 Å². The van der Waals surface area contributed by atoms with Gasteiger partial charge in [0, 0.05) is 23.7 Å². The van der Waals surface area contributed by atoms with Crippen molar-refractivity contribution in [3.63, 3.8) is 0 Å². The molecule has 6 nitrogen and oxygen atoms in total. The zero-order valence-corrected chi connectivity index (χ0v) is 10.7. The van der Waals surface area contributed by atoms with Crippen molar-refractivity contribution in [2.45, 2.75) is 12.3 Å². The van der Waals surface area contributed by atoms with Gasteiger partial charge in [-0.2, -0.15) is 0 Å². The van der Waals surface area contributed by atoms with Crippen LogP contribution in [0.3, 0.4) is 0 Å². The fourth-order valence-electron chi connectivity index (χ4n) is 2.16. The number of carbonyl (C=O) groups excluding carboxylic acids is 1. The van der Waals surface area contributed by atoms with Gasteiger partial charge in [0.05, 0.1) is 5.92 Å². The lowest BCUT2D eigenvalue weighted by molar-refractivity contribution is -0.117. The molecule has 1 aromatic heterocycles. The number of hydrogen-bond acceptors (Lipinski definition) is 5. The van der Waals surface area contributed by atoms with Crippen LogP contribution in [0.4, 0.5) is 11.7 Å². The third-order valence-electron chi connectivity index (χ3n) is 3.07. The van der Waals surface area contributed by atoms with Gasteiger partial charge in [-0.1, -0.05) is 16.7 Å². The van der Waals surface area contributed by atoms with Gasteiger partial charge in [-0.25, -0.2) is 0 Å². The minimum Gasteiger partial charge on any atom is -0.408 e. The first-order chi connectivity index (χ1) is 9.13. The number of rotatable bonds is 2. The molecule has 0 unspecified atom stereocenters. The van der Waals surface area contributed by atoms with Crippen molar-refractivity contribution in [3.8, 4) is 0 Å². The lowest BCUT2D eigenvalue weighted by Crippen LogP contribution is -2.24. The van der Waals surface area contributed by atoms with Gasteiger partial charge in [0.25, 0.3) is 0 Å². The quantitative estimate of drug-likeness (QED) is 0.906. The molecule has 0 aliphatic carbocycles. The van der Waals surface area contributed by atoms with Gasteiger partial charge in [-0.15, -0.1) is 5.10 Å². The molecule has 1 aliphatic heterocycles. The predicted molar refractivity (Wildman–Crippen MR) is 69.9 cm³/mol. The largest absolute Gasteiger partial charge is 0.408 e. The Balaban J connectivity index is 1.82. The van der Waals surface area contributed by atoms with Crippen molar-refractivity contribution in [1.82, 2.24) is 10.2 Å². The first-order valence-electron chi connectivity index (χ1n) is 5.78. The summed E-state index contributed by atoms with van der Waals surface area (Å²) in [5.74, 6) is 0.305. The maximum atomic E-state index is 12.0. The van der Waals surface area contributed by atoms with E-state index < -0.39 is 0 Å². The Labute approximate surface area is 114 Å². The summed E-state index contributed by atoms with van der Waals surface area (Å²) < 4.78 is 5.17. The molecule has 2 aromatic rings. The van der Waals surface area contributed by atoms with Crippen LogP contribution < -0.4 is 10.6 Å². The van der Waals surface area contributed by atoms with Crippen LogP contribution in [0.25, 0.3) is 0 Å². The molecule has 19 heavy (non-hydrogen) atoms. The summed E-state index contributed by atoms with van der Waals surface area (Å²) in [6.45, 7) is 0.502. The van der Waals surface area contributed by atoms with E-state index in [-0.39, 0.29) is 17.8 Å². The smallest absolute Gasteiger partial charge is 0.312 e. The highest BCUT2D eigenvalue weighted by Crippen LogP contribution is 2.31. The van der Waals surface area contributed by atoms with E-state index in [2.05, 4.69) is 10.2 Å². The van der Waals surface area contributed by atoms with E-state index >= 15 is 0 Å². The molecule has 1 aliphatic rings. The van der Waals surface area contributed by atoms with E-state index in [1.165, 1.54) is 0 Å². The molecule has 0 radical (unpaired) electrons. The Hall–Kier alpha value is -2.08. The van der Waals surface area contributed by atoms with Crippen LogP contribution in [-0.2, 0) is 4.79 Å². The molecule has 0 bridgehead atoms. The Morgan fingerprint density at radius 3 is 2.68 bits per heavy atom. The Kier molecular flexibility index (Phi) is 2.87. The molecule has 1 aromatic carbocycles. The van der Waals surface area contributed by atoms with Crippen molar-refractivity contribution in [2.24, 2.45) is 0 Å². The average Bonchev–Trinajstić information content (AvgIpc) is 2.97. The highest BCUT2D eigenvalue weighted by Gasteiger charge is 2.34. The van der Waals surface area contributed by atoms with E-state index in [0.717, 1.165) is 5.69 Å². The van der Waals surface area contributed by atoms with E-state index in [0.29, 0.717) is 23.9 Å². The van der Waals surface area contributed by atoms with Gasteiger partial charge >= 0.3 is 6.01 Å². The number of nitrogen functional groups attached to an aromatic ring is 1. The summed E-state index contributed by atoms with van der Waals surface area (Å²) in [6, 6.07) is 7.15. The number of carbonyl (C=O) groups is 1.